The Morgan fingerprint density at radius 2 is 2.04 bits per heavy atom. The van der Waals surface area contributed by atoms with Gasteiger partial charge in [-0.15, -0.1) is 10.2 Å². The summed E-state index contributed by atoms with van der Waals surface area (Å²) >= 11 is 0. The molecule has 0 spiro atoms. The largest absolute Gasteiger partial charge is 0.507 e. The van der Waals surface area contributed by atoms with Crippen LogP contribution < -0.4 is 4.90 Å². The van der Waals surface area contributed by atoms with E-state index >= 15 is 0 Å². The Balaban J connectivity index is 1.42. The van der Waals surface area contributed by atoms with Crippen LogP contribution in [-0.2, 0) is 0 Å². The number of benzene rings is 1. The van der Waals surface area contributed by atoms with E-state index in [1.54, 1.807) is 25.1 Å². The van der Waals surface area contributed by atoms with Crippen LogP contribution in [-0.4, -0.2) is 39.5 Å². The zero-order valence-electron chi connectivity index (χ0n) is 16.0. The molecular formula is C21H23FN4O2. The van der Waals surface area contributed by atoms with Crippen molar-refractivity contribution in [3.63, 3.8) is 0 Å². The Hall–Kier alpha value is -2.70. The Morgan fingerprint density at radius 1 is 1.18 bits per heavy atom. The third-order valence-electron chi connectivity index (χ3n) is 6.37. The maximum Gasteiger partial charge on any atom is 0.192 e. The number of phenols is 1. The summed E-state index contributed by atoms with van der Waals surface area (Å²) in [7, 11) is 1.90. The predicted octanol–water partition coefficient (Wildman–Crippen LogP) is 4.26. The van der Waals surface area contributed by atoms with Crippen LogP contribution in [0.25, 0.3) is 22.4 Å². The molecule has 2 fully saturated rings. The summed E-state index contributed by atoms with van der Waals surface area (Å²) in [5, 5.41) is 18.9. The van der Waals surface area contributed by atoms with Crippen LogP contribution in [0.3, 0.4) is 0 Å². The second-order valence-corrected chi connectivity index (χ2v) is 8.14. The molecule has 4 atom stereocenters. The average molecular weight is 382 g/mol. The van der Waals surface area contributed by atoms with E-state index in [1.807, 2.05) is 18.0 Å². The lowest BCUT2D eigenvalue weighted by molar-refractivity contribution is 0.144. The SMILES string of the molecule is Cc1nc2cc(O)c(-c3ccc(N(C)[C@H]4C[C@@H]5CC[C@@H](C5)[C@@H]4F)nn3)cc2o1. The Bertz CT molecular complexity index is 1020. The molecule has 3 aromatic rings. The van der Waals surface area contributed by atoms with Gasteiger partial charge in [-0.2, -0.15) is 0 Å². The van der Waals surface area contributed by atoms with Gasteiger partial charge in [0.2, 0.25) is 0 Å². The van der Waals surface area contributed by atoms with Crippen molar-refractivity contribution < 1.29 is 13.9 Å². The van der Waals surface area contributed by atoms with Gasteiger partial charge in [0.25, 0.3) is 0 Å². The fraction of sp³-hybridized carbons (Fsp3) is 0.476. The highest BCUT2D eigenvalue weighted by Gasteiger charge is 2.44. The number of anilines is 1. The van der Waals surface area contributed by atoms with Crippen LogP contribution in [0.2, 0.25) is 0 Å². The Morgan fingerprint density at radius 3 is 2.82 bits per heavy atom. The van der Waals surface area contributed by atoms with Gasteiger partial charge in [-0.25, -0.2) is 9.37 Å². The van der Waals surface area contributed by atoms with Crippen molar-refractivity contribution in [1.82, 2.24) is 15.2 Å². The van der Waals surface area contributed by atoms with E-state index in [1.165, 1.54) is 0 Å². The molecule has 0 saturated heterocycles. The van der Waals surface area contributed by atoms with Crippen LogP contribution in [0, 0.1) is 18.8 Å². The summed E-state index contributed by atoms with van der Waals surface area (Å²) in [4.78, 5) is 6.14. The molecule has 0 radical (unpaired) electrons. The molecule has 2 aliphatic carbocycles. The number of nitrogens with zero attached hydrogens (tertiary/aromatic N) is 4. The minimum atomic E-state index is -0.814. The van der Waals surface area contributed by atoms with E-state index in [2.05, 4.69) is 15.2 Å². The third kappa shape index (κ3) is 2.80. The molecule has 2 aliphatic rings. The standard InChI is InChI=1S/C21H23FN4O2/c1-11-23-16-10-18(27)14(9-19(16)28-11)15-5-6-20(25-24-15)26(2)17-8-12-3-4-13(7-12)21(17)22/h5-6,9-10,12-13,17,21,27H,3-4,7-8H2,1-2H3/t12-,13+,17+,21+/m1/s1. The lowest BCUT2D eigenvalue weighted by Crippen LogP contribution is -2.46. The first-order valence-electron chi connectivity index (χ1n) is 9.81. The summed E-state index contributed by atoms with van der Waals surface area (Å²) in [6.45, 7) is 1.76. The Labute approximate surface area is 162 Å². The van der Waals surface area contributed by atoms with E-state index in [-0.39, 0.29) is 17.7 Å². The van der Waals surface area contributed by atoms with E-state index in [0.717, 1.165) is 25.7 Å². The summed E-state index contributed by atoms with van der Waals surface area (Å²) in [6, 6.07) is 6.77. The van der Waals surface area contributed by atoms with E-state index in [0.29, 0.717) is 40.0 Å². The molecule has 6 nitrogen and oxygen atoms in total. The van der Waals surface area contributed by atoms with Crippen molar-refractivity contribution in [1.29, 1.82) is 0 Å². The van der Waals surface area contributed by atoms with Crippen LogP contribution in [0.4, 0.5) is 10.2 Å². The molecule has 5 rings (SSSR count). The lowest BCUT2D eigenvalue weighted by atomic mass is 9.83. The van der Waals surface area contributed by atoms with E-state index < -0.39 is 6.17 Å². The zero-order valence-corrected chi connectivity index (χ0v) is 16.0. The lowest BCUT2D eigenvalue weighted by Gasteiger charge is -2.38. The number of aromatic nitrogens is 3. The predicted molar refractivity (Wildman–Crippen MR) is 104 cm³/mol. The molecule has 7 heteroatoms. The van der Waals surface area contributed by atoms with Crippen LogP contribution in [0.15, 0.2) is 28.7 Å². The first kappa shape index (κ1) is 17.4. The molecule has 0 aliphatic heterocycles. The number of phenolic OH excluding ortho intramolecular Hbond substituents is 1. The normalized spacial score (nSPS) is 26.7. The van der Waals surface area contributed by atoms with Crippen molar-refractivity contribution in [2.24, 2.45) is 11.8 Å². The highest BCUT2D eigenvalue weighted by atomic mass is 19.1. The number of fused-ring (bicyclic) bond motifs is 3. The van der Waals surface area contributed by atoms with Crippen LogP contribution in [0.5, 0.6) is 5.75 Å². The number of oxazole rings is 1. The van der Waals surface area contributed by atoms with Crippen molar-refractivity contribution >= 4 is 16.9 Å². The molecule has 0 unspecified atom stereocenters. The molecule has 2 saturated carbocycles. The van der Waals surface area contributed by atoms with Crippen molar-refractivity contribution in [2.75, 3.05) is 11.9 Å². The fourth-order valence-electron chi connectivity index (χ4n) is 4.88. The third-order valence-corrected chi connectivity index (χ3v) is 6.37. The quantitative estimate of drug-likeness (QED) is 0.729. The summed E-state index contributed by atoms with van der Waals surface area (Å²) in [6.07, 6.45) is 3.23. The van der Waals surface area contributed by atoms with Gasteiger partial charge in [0.1, 0.15) is 17.4 Å². The van der Waals surface area contributed by atoms with Gasteiger partial charge in [0.05, 0.1) is 11.7 Å². The number of alkyl halides is 1. The van der Waals surface area contributed by atoms with E-state index in [9.17, 15) is 9.50 Å². The van der Waals surface area contributed by atoms with Gasteiger partial charge >= 0.3 is 0 Å². The fourth-order valence-corrected chi connectivity index (χ4v) is 4.88. The molecule has 28 heavy (non-hydrogen) atoms. The van der Waals surface area contributed by atoms with Crippen LogP contribution >= 0.6 is 0 Å². The molecule has 1 N–H and O–H groups in total. The second-order valence-electron chi connectivity index (χ2n) is 8.14. The topological polar surface area (TPSA) is 75.3 Å². The molecular weight excluding hydrogens is 359 g/mol. The highest BCUT2D eigenvalue weighted by molar-refractivity contribution is 5.83. The molecule has 146 valence electrons. The summed E-state index contributed by atoms with van der Waals surface area (Å²) in [5.41, 5.74) is 2.26. The van der Waals surface area contributed by atoms with Crippen molar-refractivity contribution in [2.45, 2.75) is 44.8 Å². The zero-order chi connectivity index (χ0) is 19.4. The van der Waals surface area contributed by atoms with Gasteiger partial charge in [-0.3, -0.25) is 0 Å². The number of aromatic hydroxyl groups is 1. The molecule has 0 amide bonds. The first-order chi connectivity index (χ1) is 13.5. The molecule has 2 heterocycles. The average Bonchev–Trinajstić information content (AvgIpc) is 3.26. The highest BCUT2D eigenvalue weighted by Crippen LogP contribution is 2.45. The van der Waals surface area contributed by atoms with Crippen LogP contribution in [0.1, 0.15) is 31.6 Å². The number of rotatable bonds is 3. The smallest absolute Gasteiger partial charge is 0.192 e. The molecule has 1 aromatic carbocycles. The molecule has 2 aromatic heterocycles. The number of hydrogen-bond donors (Lipinski definition) is 1. The van der Waals surface area contributed by atoms with E-state index in [4.69, 9.17) is 4.42 Å². The van der Waals surface area contributed by atoms with Gasteiger partial charge in [-0.05, 0) is 55.7 Å². The second kappa shape index (κ2) is 6.43. The van der Waals surface area contributed by atoms with Gasteiger partial charge in [-0.1, -0.05) is 0 Å². The number of hydrogen-bond acceptors (Lipinski definition) is 6. The minimum Gasteiger partial charge on any atom is -0.507 e. The minimum absolute atomic E-state index is 0.0730. The maximum atomic E-state index is 14.9. The van der Waals surface area contributed by atoms with Crippen molar-refractivity contribution in [3.05, 3.63) is 30.2 Å². The summed E-state index contributed by atoms with van der Waals surface area (Å²) in [5.74, 6) is 2.08. The van der Waals surface area contributed by atoms with Gasteiger partial charge in [0, 0.05) is 25.6 Å². The summed E-state index contributed by atoms with van der Waals surface area (Å²) < 4.78 is 20.4. The first-order valence-corrected chi connectivity index (χ1v) is 9.81. The Kier molecular flexibility index (Phi) is 4.00. The van der Waals surface area contributed by atoms with Gasteiger partial charge in [0.15, 0.2) is 17.3 Å². The van der Waals surface area contributed by atoms with Gasteiger partial charge < -0.3 is 14.4 Å². The number of aryl methyl sites for hydroxylation is 1. The number of halogens is 1. The van der Waals surface area contributed by atoms with Crippen molar-refractivity contribution in [3.8, 4) is 17.0 Å². The maximum absolute atomic E-state index is 14.9. The monoisotopic (exact) mass is 382 g/mol. The molecule has 2 bridgehead atoms.